The summed E-state index contributed by atoms with van der Waals surface area (Å²) in [5, 5.41) is 7.62. The second kappa shape index (κ2) is 6.11. The Morgan fingerprint density at radius 3 is 2.64 bits per heavy atom. The summed E-state index contributed by atoms with van der Waals surface area (Å²) in [6, 6.07) is 9.91. The van der Waals surface area contributed by atoms with Crippen LogP contribution in [0.5, 0.6) is 0 Å². The fourth-order valence-corrected chi connectivity index (χ4v) is 2.89. The SMILES string of the molecule is Cc1cnc(NC(=O)Cc2ccc(-c3ccnn3C)cc2)s1. The molecule has 0 unspecified atom stereocenters. The van der Waals surface area contributed by atoms with Crippen LogP contribution in [-0.4, -0.2) is 20.7 Å². The average Bonchev–Trinajstić information content (AvgIpc) is 3.08. The zero-order valence-corrected chi connectivity index (χ0v) is 13.2. The van der Waals surface area contributed by atoms with Crippen LogP contribution in [0.1, 0.15) is 10.4 Å². The number of carbonyl (C=O) groups excluding carboxylic acids is 1. The van der Waals surface area contributed by atoms with Crippen molar-refractivity contribution in [1.29, 1.82) is 0 Å². The normalized spacial score (nSPS) is 10.6. The summed E-state index contributed by atoms with van der Waals surface area (Å²) in [5.74, 6) is -0.0531. The van der Waals surface area contributed by atoms with E-state index in [0.717, 1.165) is 21.7 Å². The van der Waals surface area contributed by atoms with Crippen molar-refractivity contribution in [1.82, 2.24) is 14.8 Å². The fraction of sp³-hybridized carbons (Fsp3) is 0.188. The monoisotopic (exact) mass is 312 g/mol. The van der Waals surface area contributed by atoms with Crippen LogP contribution in [0.25, 0.3) is 11.3 Å². The summed E-state index contributed by atoms with van der Waals surface area (Å²) in [6.45, 7) is 1.96. The molecule has 112 valence electrons. The molecular weight excluding hydrogens is 296 g/mol. The van der Waals surface area contributed by atoms with Gasteiger partial charge in [0.25, 0.3) is 0 Å². The van der Waals surface area contributed by atoms with E-state index in [1.54, 1.807) is 12.4 Å². The zero-order valence-electron chi connectivity index (χ0n) is 12.4. The summed E-state index contributed by atoms with van der Waals surface area (Å²) in [5.41, 5.74) is 3.10. The van der Waals surface area contributed by atoms with Gasteiger partial charge in [-0.25, -0.2) is 4.98 Å². The molecule has 2 aromatic heterocycles. The Morgan fingerprint density at radius 1 is 1.27 bits per heavy atom. The Kier molecular flexibility index (Phi) is 4.02. The molecule has 0 saturated heterocycles. The van der Waals surface area contributed by atoms with Gasteiger partial charge in [0, 0.05) is 24.3 Å². The third kappa shape index (κ3) is 3.23. The number of thiazole rings is 1. The van der Waals surface area contributed by atoms with Gasteiger partial charge in [-0.1, -0.05) is 24.3 Å². The first-order valence-corrected chi connectivity index (χ1v) is 7.73. The van der Waals surface area contributed by atoms with Crippen molar-refractivity contribution in [3.8, 4) is 11.3 Å². The minimum Gasteiger partial charge on any atom is -0.302 e. The first-order valence-electron chi connectivity index (χ1n) is 6.91. The maximum atomic E-state index is 12.0. The van der Waals surface area contributed by atoms with E-state index in [0.29, 0.717) is 11.6 Å². The first kappa shape index (κ1) is 14.5. The first-order chi connectivity index (χ1) is 10.6. The number of amides is 1. The zero-order chi connectivity index (χ0) is 15.5. The van der Waals surface area contributed by atoms with E-state index in [9.17, 15) is 4.79 Å². The summed E-state index contributed by atoms with van der Waals surface area (Å²) in [6.07, 6.45) is 3.86. The number of aromatic nitrogens is 3. The summed E-state index contributed by atoms with van der Waals surface area (Å²) in [4.78, 5) is 17.2. The predicted molar refractivity (Wildman–Crippen MR) is 87.8 cm³/mol. The Balaban J connectivity index is 1.66. The van der Waals surface area contributed by atoms with E-state index >= 15 is 0 Å². The Hall–Kier alpha value is -2.47. The van der Waals surface area contributed by atoms with Gasteiger partial charge < -0.3 is 5.32 Å². The van der Waals surface area contributed by atoms with Crippen molar-refractivity contribution >= 4 is 22.4 Å². The smallest absolute Gasteiger partial charge is 0.230 e. The molecule has 1 N–H and O–H groups in total. The topological polar surface area (TPSA) is 59.8 Å². The molecule has 0 radical (unpaired) electrons. The van der Waals surface area contributed by atoms with Gasteiger partial charge in [0.2, 0.25) is 5.91 Å². The average molecular weight is 312 g/mol. The highest BCUT2D eigenvalue weighted by atomic mass is 32.1. The molecule has 3 rings (SSSR count). The number of benzene rings is 1. The van der Waals surface area contributed by atoms with Gasteiger partial charge in [0.1, 0.15) is 0 Å². The molecule has 2 heterocycles. The molecular formula is C16H16N4OS. The highest BCUT2D eigenvalue weighted by Gasteiger charge is 2.08. The van der Waals surface area contributed by atoms with Crippen LogP contribution < -0.4 is 5.32 Å². The molecule has 0 fully saturated rings. The number of nitrogens with one attached hydrogen (secondary N) is 1. The number of hydrogen-bond donors (Lipinski definition) is 1. The van der Waals surface area contributed by atoms with Crippen molar-refractivity contribution in [2.75, 3.05) is 5.32 Å². The Labute approximate surface area is 132 Å². The van der Waals surface area contributed by atoms with Crippen LogP contribution in [0, 0.1) is 6.92 Å². The number of aryl methyl sites for hydroxylation is 2. The van der Waals surface area contributed by atoms with Crippen molar-refractivity contribution in [3.63, 3.8) is 0 Å². The van der Waals surface area contributed by atoms with Crippen molar-refractivity contribution in [3.05, 3.63) is 53.2 Å². The molecule has 1 amide bonds. The van der Waals surface area contributed by atoms with Gasteiger partial charge in [0.05, 0.1) is 12.1 Å². The number of rotatable bonds is 4. The van der Waals surface area contributed by atoms with Crippen LogP contribution >= 0.6 is 11.3 Å². The van der Waals surface area contributed by atoms with E-state index < -0.39 is 0 Å². The van der Waals surface area contributed by atoms with Crippen LogP contribution in [-0.2, 0) is 18.3 Å². The number of anilines is 1. The van der Waals surface area contributed by atoms with E-state index in [1.807, 2.05) is 49.0 Å². The van der Waals surface area contributed by atoms with E-state index in [4.69, 9.17) is 0 Å². The fourth-order valence-electron chi connectivity index (χ4n) is 2.21. The molecule has 0 saturated carbocycles. The molecule has 6 heteroatoms. The molecule has 3 aromatic rings. The molecule has 0 atom stereocenters. The van der Waals surface area contributed by atoms with Crippen LogP contribution in [0.2, 0.25) is 0 Å². The van der Waals surface area contributed by atoms with Gasteiger partial charge in [-0.2, -0.15) is 5.10 Å². The van der Waals surface area contributed by atoms with Crippen molar-refractivity contribution in [2.45, 2.75) is 13.3 Å². The second-order valence-corrected chi connectivity index (χ2v) is 6.27. The number of nitrogens with zero attached hydrogens (tertiary/aromatic N) is 3. The Morgan fingerprint density at radius 2 is 2.05 bits per heavy atom. The minimum atomic E-state index is -0.0531. The molecule has 0 bridgehead atoms. The highest BCUT2D eigenvalue weighted by molar-refractivity contribution is 7.15. The van der Waals surface area contributed by atoms with Crippen LogP contribution in [0.3, 0.4) is 0 Å². The van der Waals surface area contributed by atoms with Gasteiger partial charge in [0.15, 0.2) is 5.13 Å². The standard InChI is InChI=1S/C16H16N4OS/c1-11-10-17-16(22-11)19-15(21)9-12-3-5-13(6-4-12)14-7-8-18-20(14)2/h3-8,10H,9H2,1-2H3,(H,17,19,21). The molecule has 22 heavy (non-hydrogen) atoms. The lowest BCUT2D eigenvalue weighted by molar-refractivity contribution is -0.115. The third-order valence-corrected chi connectivity index (χ3v) is 4.13. The van der Waals surface area contributed by atoms with E-state index in [-0.39, 0.29) is 5.91 Å². The largest absolute Gasteiger partial charge is 0.302 e. The number of hydrogen-bond acceptors (Lipinski definition) is 4. The lowest BCUT2D eigenvalue weighted by Gasteiger charge is -2.05. The van der Waals surface area contributed by atoms with E-state index in [1.165, 1.54) is 11.3 Å². The third-order valence-electron chi connectivity index (χ3n) is 3.30. The summed E-state index contributed by atoms with van der Waals surface area (Å²) < 4.78 is 1.83. The van der Waals surface area contributed by atoms with Gasteiger partial charge in [-0.15, -0.1) is 11.3 Å². The summed E-state index contributed by atoms with van der Waals surface area (Å²) >= 11 is 1.48. The molecule has 1 aromatic carbocycles. The minimum absolute atomic E-state index is 0.0531. The molecule has 0 aliphatic heterocycles. The maximum absolute atomic E-state index is 12.0. The van der Waals surface area contributed by atoms with Gasteiger partial charge in [-0.3, -0.25) is 9.48 Å². The van der Waals surface area contributed by atoms with Crippen molar-refractivity contribution < 1.29 is 4.79 Å². The number of carbonyl (C=O) groups is 1. The van der Waals surface area contributed by atoms with Crippen LogP contribution in [0.15, 0.2) is 42.7 Å². The molecule has 0 aliphatic carbocycles. The molecule has 0 spiro atoms. The maximum Gasteiger partial charge on any atom is 0.230 e. The second-order valence-electron chi connectivity index (χ2n) is 5.04. The molecule has 0 aliphatic rings. The quantitative estimate of drug-likeness (QED) is 0.805. The highest BCUT2D eigenvalue weighted by Crippen LogP contribution is 2.20. The molecule has 5 nitrogen and oxygen atoms in total. The summed E-state index contributed by atoms with van der Waals surface area (Å²) in [7, 11) is 1.91. The Bertz CT molecular complexity index is 789. The lowest BCUT2D eigenvalue weighted by atomic mass is 10.1. The predicted octanol–water partition coefficient (Wildman–Crippen LogP) is 3.03. The van der Waals surface area contributed by atoms with Crippen molar-refractivity contribution in [2.24, 2.45) is 7.05 Å². The van der Waals surface area contributed by atoms with Gasteiger partial charge in [-0.05, 0) is 24.1 Å². The van der Waals surface area contributed by atoms with E-state index in [2.05, 4.69) is 15.4 Å². The van der Waals surface area contributed by atoms with Gasteiger partial charge >= 0.3 is 0 Å². The lowest BCUT2D eigenvalue weighted by Crippen LogP contribution is -2.14. The van der Waals surface area contributed by atoms with Crippen LogP contribution in [0.4, 0.5) is 5.13 Å².